The fraction of sp³-hybridized carbons (Fsp3) is 0.368. The first-order valence-electron chi connectivity index (χ1n) is 8.40. The van der Waals surface area contributed by atoms with Gasteiger partial charge in [0.2, 0.25) is 0 Å². The monoisotopic (exact) mass is 340 g/mol. The predicted molar refractivity (Wildman–Crippen MR) is 98.2 cm³/mol. The summed E-state index contributed by atoms with van der Waals surface area (Å²) in [5.41, 5.74) is 1.78. The van der Waals surface area contributed by atoms with E-state index in [0.29, 0.717) is 0 Å². The van der Waals surface area contributed by atoms with E-state index in [4.69, 9.17) is 0 Å². The maximum atomic E-state index is 13.2. The van der Waals surface area contributed by atoms with Crippen LogP contribution in [0.25, 0.3) is 10.2 Å². The first kappa shape index (κ1) is 15.4. The van der Waals surface area contributed by atoms with Crippen molar-refractivity contribution in [2.24, 2.45) is 7.05 Å². The van der Waals surface area contributed by atoms with Crippen LogP contribution in [0, 0.1) is 0 Å². The molecule has 1 atom stereocenters. The molecule has 0 radical (unpaired) electrons. The fourth-order valence-electron chi connectivity index (χ4n) is 3.69. The van der Waals surface area contributed by atoms with Crippen LogP contribution in [-0.2, 0) is 19.9 Å². The molecule has 5 heteroatoms. The molecule has 4 nitrogen and oxygen atoms in total. The SMILES string of the molecule is CC(c1ccccc1)n1c(=O)c2c3c(sc2n(C)c1=O)CCCC3. The Kier molecular flexibility index (Phi) is 3.68. The number of rotatable bonds is 2. The van der Waals surface area contributed by atoms with Crippen molar-refractivity contribution in [3.63, 3.8) is 0 Å². The van der Waals surface area contributed by atoms with Crippen LogP contribution < -0.4 is 11.2 Å². The molecule has 24 heavy (non-hydrogen) atoms. The van der Waals surface area contributed by atoms with E-state index in [0.717, 1.165) is 35.0 Å². The molecule has 2 heterocycles. The number of thiophene rings is 1. The van der Waals surface area contributed by atoms with Gasteiger partial charge in [-0.25, -0.2) is 4.79 Å². The molecule has 124 valence electrons. The molecule has 0 N–H and O–H groups in total. The molecule has 0 aliphatic heterocycles. The number of aryl methyl sites for hydroxylation is 3. The van der Waals surface area contributed by atoms with Crippen molar-refractivity contribution in [2.45, 2.75) is 38.6 Å². The van der Waals surface area contributed by atoms with Crippen LogP contribution in [-0.4, -0.2) is 9.13 Å². The van der Waals surface area contributed by atoms with E-state index in [2.05, 4.69) is 0 Å². The van der Waals surface area contributed by atoms with Crippen molar-refractivity contribution < 1.29 is 0 Å². The van der Waals surface area contributed by atoms with Crippen LogP contribution in [0.2, 0.25) is 0 Å². The zero-order valence-corrected chi connectivity index (χ0v) is 14.7. The number of fused-ring (bicyclic) bond motifs is 3. The number of aromatic nitrogens is 2. The third-order valence-electron chi connectivity index (χ3n) is 5.05. The average molecular weight is 340 g/mol. The summed E-state index contributed by atoms with van der Waals surface area (Å²) in [5.74, 6) is 0. The third kappa shape index (κ3) is 2.18. The molecule has 3 aromatic rings. The highest BCUT2D eigenvalue weighted by molar-refractivity contribution is 7.18. The summed E-state index contributed by atoms with van der Waals surface area (Å²) in [6.45, 7) is 1.92. The van der Waals surface area contributed by atoms with Crippen molar-refractivity contribution in [2.75, 3.05) is 0 Å². The van der Waals surface area contributed by atoms with Gasteiger partial charge < -0.3 is 0 Å². The Morgan fingerprint density at radius 3 is 2.54 bits per heavy atom. The van der Waals surface area contributed by atoms with E-state index in [9.17, 15) is 9.59 Å². The lowest BCUT2D eigenvalue weighted by molar-refractivity contribution is 0.561. The first-order chi connectivity index (χ1) is 11.6. The average Bonchev–Trinajstić information content (AvgIpc) is 3.00. The molecule has 0 amide bonds. The topological polar surface area (TPSA) is 44.0 Å². The predicted octanol–water partition coefficient (Wildman–Crippen LogP) is 3.25. The van der Waals surface area contributed by atoms with Gasteiger partial charge in [0.25, 0.3) is 5.56 Å². The number of hydrogen-bond donors (Lipinski definition) is 0. The molecule has 1 aliphatic carbocycles. The summed E-state index contributed by atoms with van der Waals surface area (Å²) in [7, 11) is 1.78. The minimum absolute atomic E-state index is 0.135. The zero-order chi connectivity index (χ0) is 16.8. The van der Waals surface area contributed by atoms with Crippen LogP contribution in [0.1, 0.15) is 41.8 Å². The number of benzene rings is 1. The Morgan fingerprint density at radius 1 is 1.08 bits per heavy atom. The van der Waals surface area contributed by atoms with Crippen molar-refractivity contribution in [1.82, 2.24) is 9.13 Å². The minimum Gasteiger partial charge on any atom is -0.287 e. The van der Waals surface area contributed by atoms with Crippen LogP contribution in [0.15, 0.2) is 39.9 Å². The van der Waals surface area contributed by atoms with Gasteiger partial charge in [-0.1, -0.05) is 30.3 Å². The van der Waals surface area contributed by atoms with Crippen LogP contribution in [0.4, 0.5) is 0 Å². The summed E-state index contributed by atoms with van der Waals surface area (Å²) >= 11 is 1.62. The molecular weight excluding hydrogens is 320 g/mol. The van der Waals surface area contributed by atoms with Gasteiger partial charge in [-0.3, -0.25) is 13.9 Å². The number of hydrogen-bond acceptors (Lipinski definition) is 3. The maximum Gasteiger partial charge on any atom is 0.332 e. The zero-order valence-electron chi connectivity index (χ0n) is 13.9. The van der Waals surface area contributed by atoms with Crippen molar-refractivity contribution in [3.05, 3.63) is 67.2 Å². The van der Waals surface area contributed by atoms with Gasteiger partial charge in [-0.15, -0.1) is 11.3 Å². The van der Waals surface area contributed by atoms with Crippen LogP contribution in [0.3, 0.4) is 0 Å². The fourth-order valence-corrected chi connectivity index (χ4v) is 5.02. The lowest BCUT2D eigenvalue weighted by Gasteiger charge is -2.17. The summed E-state index contributed by atoms with van der Waals surface area (Å²) in [6.07, 6.45) is 4.26. The smallest absolute Gasteiger partial charge is 0.287 e. The Balaban J connectivity index is 2.03. The van der Waals surface area contributed by atoms with E-state index < -0.39 is 0 Å². The first-order valence-corrected chi connectivity index (χ1v) is 9.22. The highest BCUT2D eigenvalue weighted by Crippen LogP contribution is 2.34. The molecular formula is C19H20N2O2S. The summed E-state index contributed by atoms with van der Waals surface area (Å²) in [4.78, 5) is 28.2. The van der Waals surface area contributed by atoms with E-state index in [-0.39, 0.29) is 17.3 Å². The molecule has 0 saturated carbocycles. The van der Waals surface area contributed by atoms with E-state index in [1.165, 1.54) is 21.4 Å². The third-order valence-corrected chi connectivity index (χ3v) is 6.42. The second-order valence-corrected chi connectivity index (χ2v) is 7.58. The van der Waals surface area contributed by atoms with Gasteiger partial charge in [0, 0.05) is 11.9 Å². The van der Waals surface area contributed by atoms with Crippen LogP contribution in [0.5, 0.6) is 0 Å². The molecule has 0 spiro atoms. The van der Waals surface area contributed by atoms with Gasteiger partial charge >= 0.3 is 5.69 Å². The molecule has 1 unspecified atom stereocenters. The maximum absolute atomic E-state index is 13.2. The molecule has 0 saturated heterocycles. The second-order valence-electron chi connectivity index (χ2n) is 6.49. The molecule has 0 fully saturated rings. The van der Waals surface area contributed by atoms with Crippen molar-refractivity contribution in [1.29, 1.82) is 0 Å². The molecule has 1 aliphatic rings. The van der Waals surface area contributed by atoms with Gasteiger partial charge in [-0.2, -0.15) is 0 Å². The lowest BCUT2D eigenvalue weighted by atomic mass is 9.97. The summed E-state index contributed by atoms with van der Waals surface area (Å²) in [6, 6.07) is 9.46. The number of nitrogens with zero attached hydrogens (tertiary/aromatic N) is 2. The Hall–Kier alpha value is -2.14. The van der Waals surface area contributed by atoms with Gasteiger partial charge in [0.05, 0.1) is 11.4 Å². The van der Waals surface area contributed by atoms with Crippen molar-refractivity contribution >= 4 is 21.6 Å². The molecule has 1 aromatic carbocycles. The largest absolute Gasteiger partial charge is 0.332 e. The van der Waals surface area contributed by atoms with Gasteiger partial charge in [0.1, 0.15) is 4.83 Å². The Morgan fingerprint density at radius 2 is 1.79 bits per heavy atom. The van der Waals surface area contributed by atoms with Gasteiger partial charge in [-0.05, 0) is 43.7 Å². The Bertz CT molecular complexity index is 1030. The van der Waals surface area contributed by atoms with Crippen LogP contribution >= 0.6 is 11.3 Å². The Labute approximate surface area is 144 Å². The highest BCUT2D eigenvalue weighted by atomic mass is 32.1. The van der Waals surface area contributed by atoms with E-state index in [1.54, 1.807) is 23.0 Å². The second kappa shape index (κ2) is 5.74. The summed E-state index contributed by atoms with van der Waals surface area (Å²) in [5, 5.41) is 0.764. The lowest BCUT2D eigenvalue weighted by Crippen LogP contribution is -2.41. The van der Waals surface area contributed by atoms with E-state index in [1.807, 2.05) is 37.3 Å². The standard InChI is InChI=1S/C19H20N2O2S/c1-12(13-8-4-3-5-9-13)21-17(22)16-14-10-6-7-11-15(14)24-18(16)20(2)19(21)23/h3-5,8-9,12H,6-7,10-11H2,1-2H3. The molecule has 0 bridgehead atoms. The van der Waals surface area contributed by atoms with E-state index >= 15 is 0 Å². The summed E-state index contributed by atoms with van der Waals surface area (Å²) < 4.78 is 3.07. The van der Waals surface area contributed by atoms with Crippen molar-refractivity contribution in [3.8, 4) is 0 Å². The normalized spacial score (nSPS) is 15.4. The van der Waals surface area contributed by atoms with Gasteiger partial charge in [0.15, 0.2) is 0 Å². The highest BCUT2D eigenvalue weighted by Gasteiger charge is 2.24. The molecule has 4 rings (SSSR count). The minimum atomic E-state index is -0.277. The quantitative estimate of drug-likeness (QED) is 0.719. The molecule has 2 aromatic heterocycles.